The number of hydrogen-bond donors (Lipinski definition) is 1. The predicted molar refractivity (Wildman–Crippen MR) is 114 cm³/mol. The van der Waals surface area contributed by atoms with Crippen molar-refractivity contribution in [1.82, 2.24) is 19.7 Å². The zero-order chi connectivity index (χ0) is 20.1. The highest BCUT2D eigenvalue weighted by molar-refractivity contribution is 6.04. The Labute approximate surface area is 171 Å². The molecule has 29 heavy (non-hydrogen) atoms. The van der Waals surface area contributed by atoms with Crippen LogP contribution in [0, 0.1) is 0 Å². The number of nitrogens with one attached hydrogen (secondary N) is 1. The Kier molecular flexibility index (Phi) is 6.00. The number of rotatable bonds is 6. The third-order valence-electron chi connectivity index (χ3n) is 5.54. The third-order valence-corrected chi connectivity index (χ3v) is 5.54. The number of hydrogen-bond acceptors (Lipinski definition) is 4. The predicted octanol–water partition coefficient (Wildman–Crippen LogP) is 3.95. The molecule has 1 aromatic heterocycles. The number of carbonyl (C=O) groups excluding carboxylic acids is 1. The van der Waals surface area contributed by atoms with Crippen molar-refractivity contribution in [3.63, 3.8) is 0 Å². The van der Waals surface area contributed by atoms with E-state index in [1.165, 1.54) is 37.7 Å². The van der Waals surface area contributed by atoms with Gasteiger partial charge in [0.15, 0.2) is 0 Å². The molecule has 2 aromatic carbocycles. The Bertz CT molecular complexity index is 936. The molecule has 1 aliphatic heterocycles. The molecule has 2 heterocycles. The minimum absolute atomic E-state index is 0.108. The first-order valence-electron chi connectivity index (χ1n) is 10.2. The van der Waals surface area contributed by atoms with E-state index in [0.29, 0.717) is 18.2 Å². The fourth-order valence-electron chi connectivity index (χ4n) is 3.84. The van der Waals surface area contributed by atoms with Crippen LogP contribution in [0.25, 0.3) is 0 Å². The quantitative estimate of drug-likeness (QED) is 0.693. The van der Waals surface area contributed by atoms with Crippen LogP contribution in [0.4, 0.5) is 5.69 Å². The van der Waals surface area contributed by atoms with Crippen molar-refractivity contribution in [2.24, 2.45) is 0 Å². The van der Waals surface area contributed by atoms with Gasteiger partial charge in [-0.1, -0.05) is 30.7 Å². The van der Waals surface area contributed by atoms with Crippen molar-refractivity contribution in [1.29, 1.82) is 0 Å². The van der Waals surface area contributed by atoms with Crippen molar-refractivity contribution < 1.29 is 4.79 Å². The van der Waals surface area contributed by atoms with Crippen LogP contribution in [0.15, 0.2) is 61.2 Å². The SMILES string of the molecule is CC1CCCCN1Cc1ccc(NC(=O)c2cccc(Cn3cncn3)c2)cc1. The summed E-state index contributed by atoms with van der Waals surface area (Å²) in [6.45, 7) is 5.04. The average molecular weight is 390 g/mol. The fraction of sp³-hybridized carbons (Fsp3) is 0.348. The highest BCUT2D eigenvalue weighted by Crippen LogP contribution is 2.20. The molecule has 0 bridgehead atoms. The van der Waals surface area contributed by atoms with Crippen LogP contribution in [0.2, 0.25) is 0 Å². The van der Waals surface area contributed by atoms with Gasteiger partial charge in [-0.05, 0) is 61.7 Å². The second-order valence-electron chi connectivity index (χ2n) is 7.76. The second kappa shape index (κ2) is 9.01. The Hall–Kier alpha value is -2.99. The van der Waals surface area contributed by atoms with E-state index in [9.17, 15) is 4.79 Å². The number of piperidine rings is 1. The van der Waals surface area contributed by atoms with Crippen LogP contribution in [-0.4, -0.2) is 38.2 Å². The lowest BCUT2D eigenvalue weighted by Crippen LogP contribution is -2.36. The third kappa shape index (κ3) is 5.09. The van der Waals surface area contributed by atoms with Crippen LogP contribution < -0.4 is 5.32 Å². The zero-order valence-electron chi connectivity index (χ0n) is 16.8. The Morgan fingerprint density at radius 2 is 1.97 bits per heavy atom. The summed E-state index contributed by atoms with van der Waals surface area (Å²) in [4.78, 5) is 19.1. The lowest BCUT2D eigenvalue weighted by molar-refractivity contribution is 0.102. The molecule has 0 radical (unpaired) electrons. The van der Waals surface area contributed by atoms with E-state index in [1.54, 1.807) is 11.0 Å². The molecule has 4 rings (SSSR count). The van der Waals surface area contributed by atoms with E-state index >= 15 is 0 Å². The molecule has 1 unspecified atom stereocenters. The van der Waals surface area contributed by atoms with Crippen LogP contribution in [0.1, 0.15) is 47.7 Å². The summed E-state index contributed by atoms with van der Waals surface area (Å²) in [5, 5.41) is 7.11. The Morgan fingerprint density at radius 3 is 2.72 bits per heavy atom. The molecule has 0 aliphatic carbocycles. The first-order valence-corrected chi connectivity index (χ1v) is 10.2. The van der Waals surface area contributed by atoms with Gasteiger partial charge in [0.2, 0.25) is 0 Å². The highest BCUT2D eigenvalue weighted by Gasteiger charge is 2.18. The van der Waals surface area contributed by atoms with Gasteiger partial charge in [-0.3, -0.25) is 9.69 Å². The molecule has 1 aliphatic rings. The van der Waals surface area contributed by atoms with Crippen LogP contribution in [-0.2, 0) is 13.1 Å². The number of carbonyl (C=O) groups is 1. The van der Waals surface area contributed by atoms with Gasteiger partial charge in [0.1, 0.15) is 12.7 Å². The molecule has 1 fully saturated rings. The Balaban J connectivity index is 1.37. The molecular weight excluding hydrogens is 362 g/mol. The molecule has 6 heteroatoms. The molecular formula is C23H27N5O. The van der Waals surface area contributed by atoms with Gasteiger partial charge in [-0.15, -0.1) is 0 Å². The van der Waals surface area contributed by atoms with E-state index in [1.807, 2.05) is 36.4 Å². The molecule has 0 spiro atoms. The number of amides is 1. The van der Waals surface area contributed by atoms with Crippen molar-refractivity contribution in [2.75, 3.05) is 11.9 Å². The lowest BCUT2D eigenvalue weighted by Gasteiger charge is -2.33. The second-order valence-corrected chi connectivity index (χ2v) is 7.76. The standard InChI is InChI=1S/C23H27N5O/c1-18-5-2-3-12-27(18)14-19-8-10-22(11-9-19)26-23(29)21-7-4-6-20(13-21)15-28-17-24-16-25-28/h4,6-11,13,16-18H,2-3,5,12,14-15H2,1H3,(H,26,29). The highest BCUT2D eigenvalue weighted by atomic mass is 16.1. The molecule has 1 N–H and O–H groups in total. The summed E-state index contributed by atoms with van der Waals surface area (Å²) in [6, 6.07) is 16.4. The maximum absolute atomic E-state index is 12.7. The first kappa shape index (κ1) is 19.3. The van der Waals surface area contributed by atoms with E-state index < -0.39 is 0 Å². The maximum Gasteiger partial charge on any atom is 0.255 e. The van der Waals surface area contributed by atoms with Gasteiger partial charge in [0, 0.05) is 23.8 Å². The summed E-state index contributed by atoms with van der Waals surface area (Å²) in [5.74, 6) is -0.108. The molecule has 3 aromatic rings. The lowest BCUT2D eigenvalue weighted by atomic mass is 10.0. The number of nitrogens with zero attached hydrogens (tertiary/aromatic N) is 4. The number of anilines is 1. The zero-order valence-corrected chi connectivity index (χ0v) is 16.8. The van der Waals surface area contributed by atoms with Crippen LogP contribution >= 0.6 is 0 Å². The largest absolute Gasteiger partial charge is 0.322 e. The monoisotopic (exact) mass is 389 g/mol. The van der Waals surface area contributed by atoms with Gasteiger partial charge in [0.25, 0.3) is 5.91 Å². The van der Waals surface area contributed by atoms with Crippen molar-refractivity contribution in [3.8, 4) is 0 Å². The molecule has 6 nitrogen and oxygen atoms in total. The minimum Gasteiger partial charge on any atom is -0.322 e. The summed E-state index contributed by atoms with van der Waals surface area (Å²) in [7, 11) is 0. The van der Waals surface area contributed by atoms with Gasteiger partial charge in [-0.2, -0.15) is 5.10 Å². The number of benzene rings is 2. The van der Waals surface area contributed by atoms with Gasteiger partial charge in [-0.25, -0.2) is 9.67 Å². The number of likely N-dealkylation sites (tertiary alicyclic amines) is 1. The Morgan fingerprint density at radius 1 is 1.10 bits per heavy atom. The van der Waals surface area contributed by atoms with E-state index in [4.69, 9.17) is 0 Å². The summed E-state index contributed by atoms with van der Waals surface area (Å²) in [6.07, 6.45) is 7.08. The first-order chi connectivity index (χ1) is 14.2. The van der Waals surface area contributed by atoms with Gasteiger partial charge in [0.05, 0.1) is 6.54 Å². The molecule has 1 amide bonds. The van der Waals surface area contributed by atoms with Crippen LogP contribution in [0.3, 0.4) is 0 Å². The summed E-state index contributed by atoms with van der Waals surface area (Å²) < 4.78 is 1.74. The minimum atomic E-state index is -0.108. The van der Waals surface area contributed by atoms with E-state index in [2.05, 4.69) is 39.4 Å². The average Bonchev–Trinajstić information content (AvgIpc) is 3.24. The van der Waals surface area contributed by atoms with E-state index in [-0.39, 0.29) is 5.91 Å². The van der Waals surface area contributed by atoms with Gasteiger partial charge < -0.3 is 5.32 Å². The smallest absolute Gasteiger partial charge is 0.255 e. The molecule has 1 saturated heterocycles. The van der Waals surface area contributed by atoms with E-state index in [0.717, 1.165) is 17.8 Å². The molecule has 0 saturated carbocycles. The van der Waals surface area contributed by atoms with Crippen LogP contribution in [0.5, 0.6) is 0 Å². The van der Waals surface area contributed by atoms with Crippen molar-refractivity contribution >= 4 is 11.6 Å². The van der Waals surface area contributed by atoms with Gasteiger partial charge >= 0.3 is 0 Å². The van der Waals surface area contributed by atoms with Crippen molar-refractivity contribution in [3.05, 3.63) is 77.9 Å². The summed E-state index contributed by atoms with van der Waals surface area (Å²) >= 11 is 0. The topological polar surface area (TPSA) is 63.1 Å². The fourth-order valence-corrected chi connectivity index (χ4v) is 3.84. The van der Waals surface area contributed by atoms with Crippen molar-refractivity contribution in [2.45, 2.75) is 45.3 Å². The molecule has 1 atom stereocenters. The molecule has 150 valence electrons. The number of aromatic nitrogens is 3. The normalized spacial score (nSPS) is 17.2. The summed E-state index contributed by atoms with van der Waals surface area (Å²) in [5.41, 5.74) is 3.74. The maximum atomic E-state index is 12.7.